The van der Waals surface area contributed by atoms with E-state index in [1.165, 1.54) is 16.9 Å². The molecule has 0 spiro atoms. The summed E-state index contributed by atoms with van der Waals surface area (Å²) in [7, 11) is 1.07. The van der Waals surface area contributed by atoms with E-state index < -0.39 is 5.24 Å². The van der Waals surface area contributed by atoms with Gasteiger partial charge in [-0.05, 0) is 48.8 Å². The first-order valence-electron chi connectivity index (χ1n) is 3.70. The molecule has 0 fully saturated rings. The Morgan fingerprint density at radius 2 is 2.07 bits per heavy atom. The Morgan fingerprint density at radius 3 is 2.64 bits per heavy atom. The fourth-order valence-electron chi connectivity index (χ4n) is 0.719. The van der Waals surface area contributed by atoms with Gasteiger partial charge in [0.2, 0.25) is 5.24 Å². The highest BCUT2D eigenvalue weighted by atomic mass is 35.5. The lowest BCUT2D eigenvalue weighted by molar-refractivity contribution is -0.107. The molecular weight excluding hydrogens is 256 g/mol. The molecule has 0 saturated heterocycles. The second-order valence-electron chi connectivity index (χ2n) is 2.25. The van der Waals surface area contributed by atoms with Crippen LogP contribution in [0.2, 0.25) is 0 Å². The normalized spacial score (nSPS) is 12.9. The summed E-state index contributed by atoms with van der Waals surface area (Å²) in [6, 6.07) is 9.77. The lowest BCUT2D eigenvalue weighted by atomic mass is 10.4. The van der Waals surface area contributed by atoms with E-state index in [0.717, 1.165) is 4.90 Å². The number of benzene rings is 1. The Hall–Kier alpha value is -0.160. The van der Waals surface area contributed by atoms with Gasteiger partial charge in [0.15, 0.2) is 0 Å². The summed E-state index contributed by atoms with van der Waals surface area (Å²) in [5.41, 5.74) is 0. The van der Waals surface area contributed by atoms with Gasteiger partial charge in [-0.3, -0.25) is 4.79 Å². The summed E-state index contributed by atoms with van der Waals surface area (Å²) >= 11 is 10.4. The molecule has 0 saturated carbocycles. The first-order chi connectivity index (χ1) is 6.70. The zero-order chi connectivity index (χ0) is 10.4. The van der Waals surface area contributed by atoms with Crippen LogP contribution in [-0.4, -0.2) is 5.24 Å². The van der Waals surface area contributed by atoms with E-state index in [1.807, 2.05) is 30.3 Å². The quantitative estimate of drug-likeness (QED) is 0.472. The van der Waals surface area contributed by atoms with E-state index in [9.17, 15) is 4.79 Å². The Labute approximate surface area is 98.5 Å². The summed E-state index contributed by atoms with van der Waals surface area (Å²) in [5, 5.41) is 1.16. The molecular formula is C9H7ClOS3. The van der Waals surface area contributed by atoms with Crippen molar-refractivity contribution in [3.8, 4) is 0 Å². The Kier molecular flexibility index (Phi) is 5.40. The number of carbonyl (C=O) groups is 1. The molecule has 1 aromatic carbocycles. The van der Waals surface area contributed by atoms with Gasteiger partial charge in [0, 0.05) is 11.0 Å². The van der Waals surface area contributed by atoms with Crippen LogP contribution in [-0.2, 0) is 24.5 Å². The van der Waals surface area contributed by atoms with Crippen molar-refractivity contribution in [3.05, 3.63) is 41.8 Å². The molecule has 1 nitrogen and oxygen atoms in total. The predicted molar refractivity (Wildman–Crippen MR) is 67.0 cm³/mol. The molecule has 0 aliphatic rings. The van der Waals surface area contributed by atoms with Crippen LogP contribution in [0, 0.1) is 0 Å². The van der Waals surface area contributed by atoms with E-state index >= 15 is 0 Å². The monoisotopic (exact) mass is 262 g/mol. The summed E-state index contributed by atoms with van der Waals surface area (Å²) in [6.45, 7) is 0. The lowest BCUT2D eigenvalue weighted by Crippen LogP contribution is -1.80. The fourth-order valence-corrected chi connectivity index (χ4v) is 3.50. The second-order valence-corrected chi connectivity index (χ2v) is 7.24. The number of hydrogen-bond acceptors (Lipinski definition) is 3. The highest BCUT2D eigenvalue weighted by Gasteiger charge is 1.96. The molecule has 0 aliphatic heterocycles. The topological polar surface area (TPSA) is 17.1 Å². The fraction of sp³-hybridized carbons (Fsp3) is 0. The van der Waals surface area contributed by atoms with Crippen LogP contribution in [0.5, 0.6) is 0 Å². The molecule has 14 heavy (non-hydrogen) atoms. The summed E-state index contributed by atoms with van der Waals surface area (Å²) in [6.07, 6.45) is 1.31. The minimum atomic E-state index is -0.474. The maximum absolute atomic E-state index is 10.4. The average Bonchev–Trinajstić information content (AvgIpc) is 2.18. The molecule has 0 radical (unpaired) electrons. The molecule has 1 rings (SSSR count). The van der Waals surface area contributed by atoms with Crippen LogP contribution < -0.4 is 0 Å². The van der Waals surface area contributed by atoms with Crippen LogP contribution in [0.15, 0.2) is 46.7 Å². The maximum Gasteiger partial charge on any atom is 0.245 e. The van der Waals surface area contributed by atoms with E-state index in [4.69, 9.17) is 22.8 Å². The number of carbonyl (C=O) groups excluding carboxylic acids is 1. The number of rotatable bonds is 4. The number of allylic oxidation sites excluding steroid dienone is 1. The van der Waals surface area contributed by atoms with Gasteiger partial charge < -0.3 is 0 Å². The van der Waals surface area contributed by atoms with Gasteiger partial charge in [-0.1, -0.05) is 29.0 Å². The van der Waals surface area contributed by atoms with Crippen molar-refractivity contribution in [2.24, 2.45) is 0 Å². The summed E-state index contributed by atoms with van der Waals surface area (Å²) in [5.74, 6) is 0. The van der Waals surface area contributed by atoms with Crippen LogP contribution >= 0.6 is 22.4 Å². The molecule has 5 heteroatoms. The highest BCUT2D eigenvalue weighted by Crippen LogP contribution is 2.19. The van der Waals surface area contributed by atoms with Gasteiger partial charge in [-0.25, -0.2) is 0 Å². The van der Waals surface area contributed by atoms with E-state index in [0.29, 0.717) is 0 Å². The predicted octanol–water partition coefficient (Wildman–Crippen LogP) is 3.05. The van der Waals surface area contributed by atoms with Crippen molar-refractivity contribution in [1.29, 1.82) is 0 Å². The molecule has 0 heterocycles. The van der Waals surface area contributed by atoms with Gasteiger partial charge in [-0.2, -0.15) is 0 Å². The molecule has 0 aromatic heterocycles. The Bertz CT molecular complexity index is 362. The van der Waals surface area contributed by atoms with Gasteiger partial charge in [0.05, 0.1) is 0 Å². The van der Waals surface area contributed by atoms with Crippen molar-refractivity contribution in [1.82, 2.24) is 0 Å². The van der Waals surface area contributed by atoms with Crippen molar-refractivity contribution >= 4 is 47.3 Å². The van der Waals surface area contributed by atoms with E-state index in [-0.39, 0.29) is 8.49 Å². The minimum Gasteiger partial charge on any atom is -0.276 e. The zero-order valence-corrected chi connectivity index (χ0v) is 10.3. The first-order valence-corrected chi connectivity index (χ1v) is 7.62. The number of hydrogen-bond donors (Lipinski definition) is 0. The third kappa shape index (κ3) is 4.37. The van der Waals surface area contributed by atoms with Crippen molar-refractivity contribution in [2.45, 2.75) is 4.90 Å². The summed E-state index contributed by atoms with van der Waals surface area (Å²) < 4.78 is 0. The van der Waals surface area contributed by atoms with Crippen LogP contribution in [0.3, 0.4) is 0 Å². The molecule has 1 unspecified atom stereocenters. The van der Waals surface area contributed by atoms with Gasteiger partial charge in [0.25, 0.3) is 0 Å². The van der Waals surface area contributed by atoms with Crippen LogP contribution in [0.1, 0.15) is 0 Å². The minimum absolute atomic E-state index is 0.348. The zero-order valence-electron chi connectivity index (χ0n) is 7.05. The van der Waals surface area contributed by atoms with Crippen molar-refractivity contribution in [3.63, 3.8) is 0 Å². The van der Waals surface area contributed by atoms with Gasteiger partial charge >= 0.3 is 0 Å². The van der Waals surface area contributed by atoms with Crippen LogP contribution in [0.25, 0.3) is 0 Å². The highest BCUT2D eigenvalue weighted by molar-refractivity contribution is 8.83. The van der Waals surface area contributed by atoms with Crippen molar-refractivity contribution in [2.75, 3.05) is 0 Å². The third-order valence-electron chi connectivity index (χ3n) is 1.28. The maximum atomic E-state index is 10.4. The van der Waals surface area contributed by atoms with Crippen LogP contribution in [0.4, 0.5) is 0 Å². The number of halogens is 1. The molecule has 0 aliphatic carbocycles. The SMILES string of the molecule is O=C(Cl)/C=C/SS(=S)c1ccccc1. The smallest absolute Gasteiger partial charge is 0.245 e. The van der Waals surface area contributed by atoms with E-state index in [2.05, 4.69) is 0 Å². The molecule has 0 bridgehead atoms. The van der Waals surface area contributed by atoms with Gasteiger partial charge in [-0.15, -0.1) is 0 Å². The summed E-state index contributed by atoms with van der Waals surface area (Å²) in [4.78, 5) is 11.5. The lowest BCUT2D eigenvalue weighted by Gasteiger charge is -1.99. The Morgan fingerprint density at radius 1 is 1.43 bits per heavy atom. The largest absolute Gasteiger partial charge is 0.276 e. The Balaban J connectivity index is 2.56. The third-order valence-corrected chi connectivity index (χ3v) is 5.20. The molecule has 1 aromatic rings. The molecule has 0 amide bonds. The molecule has 1 atom stereocenters. The average molecular weight is 263 g/mol. The van der Waals surface area contributed by atoms with E-state index in [1.54, 1.807) is 5.41 Å². The molecule has 0 N–H and O–H groups in total. The molecule has 74 valence electrons. The first kappa shape index (κ1) is 11.9. The van der Waals surface area contributed by atoms with Crippen molar-refractivity contribution < 1.29 is 4.79 Å². The van der Waals surface area contributed by atoms with Gasteiger partial charge in [0.1, 0.15) is 0 Å². The second kappa shape index (κ2) is 6.35. The standard InChI is InChI=1S/C9H7ClOS3/c10-9(11)6-7-13-14(12)8-4-2-1-3-5-8/h1-7H/b7-6+.